The third-order valence-electron chi connectivity index (χ3n) is 2.65. The molecule has 88 valence electrons. The minimum Gasteiger partial charge on any atom is -0.480 e. The van der Waals surface area contributed by atoms with Gasteiger partial charge in [-0.15, -0.1) is 0 Å². The highest BCUT2D eigenvalue weighted by molar-refractivity contribution is 5.79. The Bertz CT molecular complexity index is 540. The molecule has 0 aliphatic carbocycles. The monoisotopic (exact) mass is 230 g/mol. The van der Waals surface area contributed by atoms with Gasteiger partial charge in [-0.25, -0.2) is 0 Å². The van der Waals surface area contributed by atoms with E-state index in [1.165, 1.54) is 0 Å². The van der Waals surface area contributed by atoms with Crippen LogP contribution in [0.2, 0.25) is 0 Å². The van der Waals surface area contributed by atoms with Crippen molar-refractivity contribution in [1.29, 1.82) is 0 Å². The number of hydrogen-bond acceptors (Lipinski definition) is 3. The minimum absolute atomic E-state index is 0.540. The molecule has 0 amide bonds. The summed E-state index contributed by atoms with van der Waals surface area (Å²) in [5.74, 6) is -0.840. The highest BCUT2D eigenvalue weighted by Crippen LogP contribution is 2.13. The zero-order valence-electron chi connectivity index (χ0n) is 9.55. The molecule has 4 nitrogen and oxygen atoms in total. The van der Waals surface area contributed by atoms with Crippen LogP contribution in [0.3, 0.4) is 0 Å². The molecule has 0 radical (unpaired) electrons. The summed E-state index contributed by atoms with van der Waals surface area (Å²) in [6, 6.07) is 9.25. The summed E-state index contributed by atoms with van der Waals surface area (Å²) in [6.45, 7) is 2.17. The molecule has 0 aliphatic heterocycles. The van der Waals surface area contributed by atoms with Crippen LogP contribution < -0.4 is 5.32 Å². The smallest absolute Gasteiger partial charge is 0.320 e. The van der Waals surface area contributed by atoms with Crippen LogP contribution in [0, 0.1) is 0 Å². The van der Waals surface area contributed by atoms with Gasteiger partial charge in [0, 0.05) is 18.1 Å². The van der Waals surface area contributed by atoms with Gasteiger partial charge < -0.3 is 10.4 Å². The Morgan fingerprint density at radius 2 is 2.29 bits per heavy atom. The van der Waals surface area contributed by atoms with E-state index in [2.05, 4.69) is 10.3 Å². The standard InChI is InChI=1S/C13H14N2O2/c1-9(13(16)17)15-8-10-4-5-12-11(7-10)3-2-6-14-12/h2-7,9,15H,8H2,1H3,(H,16,17)/t9-/m1/s1. The lowest BCUT2D eigenvalue weighted by atomic mass is 10.1. The molecule has 0 fully saturated rings. The van der Waals surface area contributed by atoms with Crippen LogP contribution in [-0.4, -0.2) is 22.1 Å². The summed E-state index contributed by atoms with van der Waals surface area (Å²) >= 11 is 0. The van der Waals surface area contributed by atoms with Crippen LogP contribution >= 0.6 is 0 Å². The SMILES string of the molecule is C[C@@H](NCc1ccc2ncccc2c1)C(=O)O. The van der Waals surface area contributed by atoms with Crippen LogP contribution in [-0.2, 0) is 11.3 Å². The van der Waals surface area contributed by atoms with Crippen LogP contribution in [0.4, 0.5) is 0 Å². The second-order valence-corrected chi connectivity index (χ2v) is 3.97. The molecule has 2 aromatic rings. The zero-order valence-corrected chi connectivity index (χ0v) is 9.55. The van der Waals surface area contributed by atoms with Gasteiger partial charge in [0.15, 0.2) is 0 Å². The number of fused-ring (bicyclic) bond motifs is 1. The van der Waals surface area contributed by atoms with Crippen LogP contribution in [0.5, 0.6) is 0 Å². The van der Waals surface area contributed by atoms with Crippen molar-refractivity contribution < 1.29 is 9.90 Å². The Morgan fingerprint density at radius 1 is 1.47 bits per heavy atom. The molecule has 0 aliphatic rings. The normalized spacial score (nSPS) is 12.5. The van der Waals surface area contributed by atoms with Gasteiger partial charge in [0.2, 0.25) is 0 Å². The van der Waals surface area contributed by atoms with E-state index >= 15 is 0 Å². The first kappa shape index (κ1) is 11.5. The van der Waals surface area contributed by atoms with E-state index in [0.29, 0.717) is 6.54 Å². The van der Waals surface area contributed by atoms with E-state index in [0.717, 1.165) is 16.5 Å². The Balaban J connectivity index is 2.12. The van der Waals surface area contributed by atoms with Crippen LogP contribution in [0.1, 0.15) is 12.5 Å². The lowest BCUT2D eigenvalue weighted by molar-refractivity contribution is -0.139. The summed E-state index contributed by atoms with van der Waals surface area (Å²) < 4.78 is 0. The zero-order chi connectivity index (χ0) is 12.3. The molecule has 17 heavy (non-hydrogen) atoms. The third kappa shape index (κ3) is 2.79. The second-order valence-electron chi connectivity index (χ2n) is 3.97. The number of pyridine rings is 1. The molecule has 0 bridgehead atoms. The average molecular weight is 230 g/mol. The second kappa shape index (κ2) is 4.93. The van der Waals surface area contributed by atoms with Gasteiger partial charge in [0.1, 0.15) is 6.04 Å². The molecular weight excluding hydrogens is 216 g/mol. The van der Waals surface area contributed by atoms with Gasteiger partial charge in [-0.05, 0) is 30.7 Å². The molecule has 4 heteroatoms. The van der Waals surface area contributed by atoms with Crippen molar-refractivity contribution >= 4 is 16.9 Å². The molecule has 1 aromatic heterocycles. The molecule has 1 aromatic carbocycles. The lowest BCUT2D eigenvalue weighted by Crippen LogP contribution is -2.33. The molecular formula is C13H14N2O2. The Hall–Kier alpha value is -1.94. The summed E-state index contributed by atoms with van der Waals surface area (Å²) in [5, 5.41) is 12.8. The molecule has 0 saturated heterocycles. The predicted octanol–water partition coefficient (Wildman–Crippen LogP) is 1.80. The van der Waals surface area contributed by atoms with E-state index < -0.39 is 12.0 Å². The highest BCUT2D eigenvalue weighted by atomic mass is 16.4. The lowest BCUT2D eigenvalue weighted by Gasteiger charge is -2.09. The van der Waals surface area contributed by atoms with Gasteiger partial charge >= 0.3 is 5.97 Å². The summed E-state index contributed by atoms with van der Waals surface area (Å²) in [5.41, 5.74) is 2.00. The summed E-state index contributed by atoms with van der Waals surface area (Å²) in [7, 11) is 0. The first-order chi connectivity index (χ1) is 8.16. The van der Waals surface area contributed by atoms with Crippen molar-refractivity contribution in [3.8, 4) is 0 Å². The number of rotatable bonds is 4. The maximum atomic E-state index is 10.7. The third-order valence-corrected chi connectivity index (χ3v) is 2.65. The molecule has 1 atom stereocenters. The minimum atomic E-state index is -0.840. The molecule has 2 rings (SSSR count). The van der Waals surface area contributed by atoms with E-state index in [4.69, 9.17) is 5.11 Å². The number of carbonyl (C=O) groups is 1. The maximum Gasteiger partial charge on any atom is 0.320 e. The maximum absolute atomic E-state index is 10.7. The first-order valence-electron chi connectivity index (χ1n) is 5.46. The van der Waals surface area contributed by atoms with Crippen molar-refractivity contribution in [3.63, 3.8) is 0 Å². The molecule has 1 heterocycles. The molecule has 0 saturated carbocycles. The number of benzene rings is 1. The Morgan fingerprint density at radius 3 is 3.06 bits per heavy atom. The van der Waals surface area contributed by atoms with Crippen molar-refractivity contribution in [2.24, 2.45) is 0 Å². The number of aromatic nitrogens is 1. The molecule has 0 spiro atoms. The number of carboxylic acid groups (broad SMARTS) is 1. The summed E-state index contributed by atoms with van der Waals surface area (Å²) in [6.07, 6.45) is 1.76. The van der Waals surface area contributed by atoms with Crippen LogP contribution in [0.15, 0.2) is 36.5 Å². The van der Waals surface area contributed by atoms with E-state index in [1.54, 1.807) is 13.1 Å². The number of hydrogen-bond donors (Lipinski definition) is 2. The Kier molecular flexibility index (Phi) is 3.35. The largest absolute Gasteiger partial charge is 0.480 e. The van der Waals surface area contributed by atoms with E-state index in [1.807, 2.05) is 30.3 Å². The molecule has 0 unspecified atom stereocenters. The fourth-order valence-electron chi connectivity index (χ4n) is 1.59. The topological polar surface area (TPSA) is 62.2 Å². The van der Waals surface area contributed by atoms with Gasteiger partial charge in [-0.1, -0.05) is 12.1 Å². The number of aliphatic carboxylic acids is 1. The highest BCUT2D eigenvalue weighted by Gasteiger charge is 2.09. The van der Waals surface area contributed by atoms with E-state index in [-0.39, 0.29) is 0 Å². The van der Waals surface area contributed by atoms with Gasteiger partial charge in [-0.2, -0.15) is 0 Å². The van der Waals surface area contributed by atoms with Gasteiger partial charge in [0.05, 0.1) is 5.52 Å². The van der Waals surface area contributed by atoms with Gasteiger partial charge in [0.25, 0.3) is 0 Å². The van der Waals surface area contributed by atoms with Crippen molar-refractivity contribution in [1.82, 2.24) is 10.3 Å². The average Bonchev–Trinajstić information content (AvgIpc) is 2.35. The van der Waals surface area contributed by atoms with Gasteiger partial charge in [-0.3, -0.25) is 9.78 Å². The van der Waals surface area contributed by atoms with Crippen molar-refractivity contribution in [2.75, 3.05) is 0 Å². The fraction of sp³-hybridized carbons (Fsp3) is 0.231. The van der Waals surface area contributed by atoms with Crippen LogP contribution in [0.25, 0.3) is 10.9 Å². The van der Waals surface area contributed by atoms with E-state index in [9.17, 15) is 4.79 Å². The number of nitrogens with zero attached hydrogens (tertiary/aromatic N) is 1. The molecule has 2 N–H and O–H groups in total. The first-order valence-corrected chi connectivity index (χ1v) is 5.46. The van der Waals surface area contributed by atoms with Crippen molar-refractivity contribution in [3.05, 3.63) is 42.1 Å². The quantitative estimate of drug-likeness (QED) is 0.840. The number of nitrogens with one attached hydrogen (secondary N) is 1. The Labute approximate surface area is 99.3 Å². The predicted molar refractivity (Wildman–Crippen MR) is 65.7 cm³/mol. The summed E-state index contributed by atoms with van der Waals surface area (Å²) in [4.78, 5) is 14.9. The van der Waals surface area contributed by atoms with Crippen molar-refractivity contribution in [2.45, 2.75) is 19.5 Å². The number of carboxylic acids is 1. The fourth-order valence-corrected chi connectivity index (χ4v) is 1.59.